The first kappa shape index (κ1) is 16.3. The van der Waals surface area contributed by atoms with E-state index < -0.39 is 12.0 Å². The second-order valence-corrected chi connectivity index (χ2v) is 6.43. The summed E-state index contributed by atoms with van der Waals surface area (Å²) in [7, 11) is 0. The number of benzene rings is 1. The number of nitrogens with zero attached hydrogens (tertiary/aromatic N) is 1. The fraction of sp³-hybridized carbons (Fsp3) is 0.278. The summed E-state index contributed by atoms with van der Waals surface area (Å²) in [6.45, 7) is 0. The molecule has 0 bridgehead atoms. The molecule has 1 aromatic heterocycles. The zero-order valence-corrected chi connectivity index (χ0v) is 13.9. The van der Waals surface area contributed by atoms with Crippen molar-refractivity contribution in [1.82, 2.24) is 10.2 Å². The standard InChI is InChI=1S/C18H18N4O4/c19-13(18(24)25)7-11-10-3-1-2-4-14(10)20-15(11)8-12-16(23)21-22-17(12)26-9-5-6-9/h1-4,8-9,13H,5-7,19H2,(H,24,25)(H2,21,22,23). The molecule has 2 aliphatic rings. The molecule has 1 atom stereocenters. The first-order chi connectivity index (χ1) is 12.5. The number of nitrogens with two attached hydrogens (primary N) is 1. The Morgan fingerprint density at radius 3 is 2.88 bits per heavy atom. The number of carboxylic acids is 1. The molecule has 8 nitrogen and oxygen atoms in total. The highest BCUT2D eigenvalue weighted by molar-refractivity contribution is 5.81. The molecule has 1 aliphatic heterocycles. The van der Waals surface area contributed by atoms with Crippen molar-refractivity contribution < 1.29 is 14.6 Å². The zero-order valence-electron chi connectivity index (χ0n) is 13.9. The lowest BCUT2D eigenvalue weighted by Crippen LogP contribution is -2.32. The molecule has 26 heavy (non-hydrogen) atoms. The number of rotatable bonds is 6. The van der Waals surface area contributed by atoms with Gasteiger partial charge < -0.3 is 15.6 Å². The number of para-hydroxylation sites is 1. The summed E-state index contributed by atoms with van der Waals surface area (Å²) in [4.78, 5) is 27.9. The molecule has 1 fully saturated rings. The van der Waals surface area contributed by atoms with Gasteiger partial charge in [0.05, 0.1) is 11.1 Å². The second-order valence-electron chi connectivity index (χ2n) is 6.43. The number of H-pyrrole nitrogens is 2. The van der Waals surface area contributed by atoms with Crippen LogP contribution in [0.2, 0.25) is 0 Å². The topological polar surface area (TPSA) is 134 Å². The number of aromatic amines is 2. The van der Waals surface area contributed by atoms with E-state index in [1.165, 1.54) is 0 Å². The third-order valence-electron chi connectivity index (χ3n) is 4.39. The average molecular weight is 354 g/mol. The van der Waals surface area contributed by atoms with Gasteiger partial charge in [0.15, 0.2) is 0 Å². The molecular formula is C18H18N4O4. The van der Waals surface area contributed by atoms with E-state index in [9.17, 15) is 9.59 Å². The van der Waals surface area contributed by atoms with Gasteiger partial charge in [0.2, 0.25) is 5.88 Å². The van der Waals surface area contributed by atoms with Gasteiger partial charge in [-0.3, -0.25) is 19.8 Å². The van der Waals surface area contributed by atoms with Gasteiger partial charge >= 0.3 is 5.97 Å². The summed E-state index contributed by atoms with van der Waals surface area (Å²) in [5.41, 5.74) is 6.98. The van der Waals surface area contributed by atoms with Crippen molar-refractivity contribution in [2.75, 3.05) is 0 Å². The van der Waals surface area contributed by atoms with Crippen molar-refractivity contribution in [1.29, 1.82) is 0 Å². The number of ether oxygens (including phenoxy) is 1. The molecule has 1 aliphatic carbocycles. The maximum atomic E-state index is 12.2. The van der Waals surface area contributed by atoms with Crippen molar-refractivity contribution in [3.05, 3.63) is 56.5 Å². The average Bonchev–Trinajstić information content (AvgIpc) is 3.29. The maximum absolute atomic E-state index is 12.2. The lowest BCUT2D eigenvalue weighted by atomic mass is 10.0. The van der Waals surface area contributed by atoms with Gasteiger partial charge in [0.1, 0.15) is 17.7 Å². The van der Waals surface area contributed by atoms with Crippen LogP contribution in [-0.2, 0) is 4.79 Å². The molecule has 0 saturated heterocycles. The minimum atomic E-state index is -1.08. The summed E-state index contributed by atoms with van der Waals surface area (Å²) in [6.07, 6.45) is 3.79. The van der Waals surface area contributed by atoms with Crippen LogP contribution in [0.25, 0.3) is 11.6 Å². The van der Waals surface area contributed by atoms with Gasteiger partial charge in [-0.1, -0.05) is 18.2 Å². The van der Waals surface area contributed by atoms with E-state index >= 15 is 0 Å². The highest BCUT2D eigenvalue weighted by Crippen LogP contribution is 2.29. The molecule has 134 valence electrons. The van der Waals surface area contributed by atoms with E-state index in [2.05, 4.69) is 15.2 Å². The molecular weight excluding hydrogens is 336 g/mol. The molecule has 2 aromatic rings. The fourth-order valence-corrected chi connectivity index (χ4v) is 2.87. The summed E-state index contributed by atoms with van der Waals surface area (Å²) >= 11 is 0. The molecule has 0 radical (unpaired) electrons. The normalized spacial score (nSPS) is 18.5. The van der Waals surface area contributed by atoms with Crippen molar-refractivity contribution in [3.8, 4) is 5.88 Å². The minimum absolute atomic E-state index is 0.114. The van der Waals surface area contributed by atoms with Gasteiger partial charge in [-0.2, -0.15) is 0 Å². The van der Waals surface area contributed by atoms with Crippen molar-refractivity contribution in [3.63, 3.8) is 0 Å². The molecule has 2 heterocycles. The van der Waals surface area contributed by atoms with Gasteiger partial charge in [0.25, 0.3) is 5.56 Å². The monoisotopic (exact) mass is 354 g/mol. The fourth-order valence-electron chi connectivity index (χ4n) is 2.87. The summed E-state index contributed by atoms with van der Waals surface area (Å²) < 4.78 is 5.72. The zero-order chi connectivity index (χ0) is 18.3. The van der Waals surface area contributed by atoms with E-state index in [-0.39, 0.29) is 18.1 Å². The Morgan fingerprint density at radius 1 is 1.38 bits per heavy atom. The van der Waals surface area contributed by atoms with Crippen molar-refractivity contribution >= 4 is 17.6 Å². The first-order valence-electron chi connectivity index (χ1n) is 8.37. The number of carbonyl (C=O) groups is 1. The van der Waals surface area contributed by atoms with E-state index in [4.69, 9.17) is 15.6 Å². The number of aromatic nitrogens is 2. The maximum Gasteiger partial charge on any atom is 0.320 e. The number of hydrogen-bond donors (Lipinski definition) is 4. The van der Waals surface area contributed by atoms with Crippen LogP contribution in [0.1, 0.15) is 24.8 Å². The molecule has 5 N–H and O–H groups in total. The van der Waals surface area contributed by atoms with Crippen LogP contribution in [0.4, 0.5) is 0 Å². The van der Waals surface area contributed by atoms with Crippen LogP contribution >= 0.6 is 0 Å². The molecule has 8 heteroatoms. The van der Waals surface area contributed by atoms with Crippen LogP contribution in [0.15, 0.2) is 39.7 Å². The van der Waals surface area contributed by atoms with Crippen LogP contribution in [0.5, 0.6) is 5.88 Å². The quantitative estimate of drug-likeness (QED) is 0.573. The van der Waals surface area contributed by atoms with Crippen molar-refractivity contribution in [2.45, 2.75) is 31.4 Å². The summed E-state index contributed by atoms with van der Waals surface area (Å²) in [6, 6.07) is 6.36. The number of carboxylic acid groups (broad SMARTS) is 1. The Labute approximate surface area is 147 Å². The molecule has 1 saturated carbocycles. The Balaban J connectivity index is 1.79. The third-order valence-corrected chi connectivity index (χ3v) is 4.39. The predicted molar refractivity (Wildman–Crippen MR) is 93.9 cm³/mol. The summed E-state index contributed by atoms with van der Waals surface area (Å²) in [5.74, 6) is -0.712. The van der Waals surface area contributed by atoms with Crippen molar-refractivity contribution in [2.24, 2.45) is 10.7 Å². The lowest BCUT2D eigenvalue weighted by molar-refractivity contribution is -0.138. The number of fused-ring (bicyclic) bond motifs is 1. The number of nitrogens with one attached hydrogen (secondary N) is 2. The van der Waals surface area contributed by atoms with Gasteiger partial charge in [-0.15, -0.1) is 0 Å². The van der Waals surface area contributed by atoms with E-state index in [0.29, 0.717) is 22.7 Å². The smallest absolute Gasteiger partial charge is 0.320 e. The van der Waals surface area contributed by atoms with Crippen LogP contribution in [-0.4, -0.2) is 33.4 Å². The van der Waals surface area contributed by atoms with Gasteiger partial charge in [0, 0.05) is 11.6 Å². The molecule has 4 rings (SSSR count). The molecule has 1 unspecified atom stereocenters. The van der Waals surface area contributed by atoms with Crippen LogP contribution in [0.3, 0.4) is 0 Å². The Hall–Kier alpha value is -3.13. The largest absolute Gasteiger partial charge is 0.480 e. The third kappa shape index (κ3) is 3.06. The molecule has 0 spiro atoms. The molecule has 1 aromatic carbocycles. The van der Waals surface area contributed by atoms with Gasteiger partial charge in [-0.05, 0) is 30.6 Å². The van der Waals surface area contributed by atoms with E-state index in [0.717, 1.165) is 23.4 Å². The number of hydrogen-bond acceptors (Lipinski definition) is 5. The Morgan fingerprint density at radius 2 is 2.15 bits per heavy atom. The highest BCUT2D eigenvalue weighted by Gasteiger charge is 2.26. The number of allylic oxidation sites excluding steroid dienone is 1. The summed E-state index contributed by atoms with van der Waals surface area (Å²) in [5, 5.41) is 16.0. The predicted octanol–water partition coefficient (Wildman–Crippen LogP) is -0.129. The Bertz CT molecular complexity index is 1080. The van der Waals surface area contributed by atoms with E-state index in [1.807, 2.05) is 24.3 Å². The SMILES string of the molecule is NC(CC1=c2ccccc2=NC1=Cc1c(OC2CC2)[nH][nH]c1=O)C(=O)O. The second kappa shape index (κ2) is 6.30. The first-order valence-corrected chi connectivity index (χ1v) is 8.37. The molecule has 0 amide bonds. The number of aliphatic carboxylic acids is 1. The minimum Gasteiger partial charge on any atom is -0.480 e. The highest BCUT2D eigenvalue weighted by atomic mass is 16.5. The van der Waals surface area contributed by atoms with E-state index in [1.54, 1.807) is 6.08 Å². The van der Waals surface area contributed by atoms with Crippen LogP contribution in [0, 0.1) is 0 Å². The lowest BCUT2D eigenvalue weighted by Gasteiger charge is -2.09. The Kier molecular flexibility index (Phi) is 3.96. The van der Waals surface area contributed by atoms with Crippen LogP contribution < -0.4 is 26.6 Å². The van der Waals surface area contributed by atoms with Gasteiger partial charge in [-0.25, -0.2) is 4.99 Å².